The molecule has 1 heterocycles. The Balaban J connectivity index is 0.981. The molecule has 0 N–H and O–H groups in total. The summed E-state index contributed by atoms with van der Waals surface area (Å²) >= 11 is 0. The third-order valence-corrected chi connectivity index (χ3v) is 14.8. The van der Waals surface area contributed by atoms with Crippen LogP contribution < -0.4 is 0 Å². The van der Waals surface area contributed by atoms with E-state index in [0.29, 0.717) is 30.5 Å². The van der Waals surface area contributed by atoms with Crippen molar-refractivity contribution in [3.05, 3.63) is 83.4 Å². The molecule has 1 aliphatic heterocycles. The van der Waals surface area contributed by atoms with Crippen molar-refractivity contribution >= 4 is 0 Å². The molecule has 0 amide bonds. The van der Waals surface area contributed by atoms with Crippen molar-refractivity contribution in [1.82, 2.24) is 0 Å². The fourth-order valence-corrected chi connectivity index (χ4v) is 12.0. The van der Waals surface area contributed by atoms with Gasteiger partial charge in [-0.2, -0.15) is 0 Å². The normalized spacial score (nSPS) is 38.4. The lowest BCUT2D eigenvalue weighted by Gasteiger charge is -2.58. The van der Waals surface area contributed by atoms with Crippen LogP contribution in [0.5, 0.6) is 0 Å². The highest BCUT2D eigenvalue weighted by Crippen LogP contribution is 2.67. The number of benzene rings is 2. The fourth-order valence-electron chi connectivity index (χ4n) is 12.0. The van der Waals surface area contributed by atoms with E-state index in [-0.39, 0.29) is 30.7 Å². The molecule has 2 aromatic rings. The van der Waals surface area contributed by atoms with Crippen LogP contribution >= 0.6 is 0 Å². The number of hydrogen-bond acceptors (Lipinski definition) is 4. The van der Waals surface area contributed by atoms with Gasteiger partial charge in [0.2, 0.25) is 0 Å². The van der Waals surface area contributed by atoms with Gasteiger partial charge >= 0.3 is 0 Å². The number of ether oxygens (including phenoxy) is 4. The molecule has 0 unspecified atom stereocenters. The maximum absolute atomic E-state index is 6.90. The summed E-state index contributed by atoms with van der Waals surface area (Å²) in [6, 6.07) is 20.9. The third-order valence-electron chi connectivity index (χ3n) is 14.8. The van der Waals surface area contributed by atoms with Crippen molar-refractivity contribution in [2.24, 2.45) is 46.3 Å². The first kappa shape index (κ1) is 37.3. The van der Waals surface area contributed by atoms with Crippen LogP contribution in [0.25, 0.3) is 0 Å². The molecule has 51 heavy (non-hydrogen) atoms. The minimum atomic E-state index is -0.281. The molecule has 4 heteroatoms. The lowest BCUT2D eigenvalue weighted by molar-refractivity contribution is -0.278. The molecule has 0 spiro atoms. The first-order valence-electron chi connectivity index (χ1n) is 21.0. The van der Waals surface area contributed by atoms with Gasteiger partial charge in [0.05, 0.1) is 31.5 Å². The van der Waals surface area contributed by atoms with Crippen LogP contribution in [-0.2, 0) is 32.2 Å². The van der Waals surface area contributed by atoms with Gasteiger partial charge in [-0.05, 0) is 116 Å². The van der Waals surface area contributed by atoms with Crippen molar-refractivity contribution in [1.29, 1.82) is 0 Å². The first-order valence-corrected chi connectivity index (χ1v) is 21.0. The smallest absolute Gasteiger partial charge is 0.161 e. The molecule has 2 aromatic carbocycles. The molecule has 5 aliphatic rings. The van der Waals surface area contributed by atoms with Crippen molar-refractivity contribution in [3.63, 3.8) is 0 Å². The summed E-state index contributed by atoms with van der Waals surface area (Å²) in [4.78, 5) is 0. The molecule has 0 bridgehead atoms. The molecule has 280 valence electrons. The van der Waals surface area contributed by atoms with Crippen LogP contribution in [0.3, 0.4) is 0 Å². The monoisotopic (exact) mass is 697 g/mol. The van der Waals surface area contributed by atoms with Gasteiger partial charge in [0.1, 0.15) is 6.10 Å². The number of hydrogen-bond donors (Lipinski definition) is 0. The highest BCUT2D eigenvalue weighted by atomic mass is 16.7. The highest BCUT2D eigenvalue weighted by Gasteiger charge is 2.59. The van der Waals surface area contributed by atoms with Gasteiger partial charge in [-0.15, -0.1) is 0 Å². The van der Waals surface area contributed by atoms with Gasteiger partial charge in [-0.25, -0.2) is 0 Å². The Morgan fingerprint density at radius 2 is 1.51 bits per heavy atom. The summed E-state index contributed by atoms with van der Waals surface area (Å²) in [5, 5.41) is 0. The summed E-state index contributed by atoms with van der Waals surface area (Å²) in [5.41, 5.74) is 4.89. The summed E-state index contributed by atoms with van der Waals surface area (Å²) in [6.07, 6.45) is 17.6. The molecular weight excluding hydrogens is 629 g/mol. The first-order chi connectivity index (χ1) is 24.6. The topological polar surface area (TPSA) is 36.9 Å². The quantitative estimate of drug-likeness (QED) is 0.195. The van der Waals surface area contributed by atoms with Crippen molar-refractivity contribution in [3.8, 4) is 0 Å². The van der Waals surface area contributed by atoms with Gasteiger partial charge in [0, 0.05) is 6.42 Å². The lowest BCUT2D eigenvalue weighted by Crippen LogP contribution is -2.52. The summed E-state index contributed by atoms with van der Waals surface area (Å²) in [5.74, 6) is 5.21. The largest absolute Gasteiger partial charge is 0.371 e. The van der Waals surface area contributed by atoms with E-state index in [1.54, 1.807) is 5.57 Å². The van der Waals surface area contributed by atoms with E-state index in [0.717, 1.165) is 48.3 Å². The van der Waals surface area contributed by atoms with Gasteiger partial charge in [-0.3, -0.25) is 0 Å². The van der Waals surface area contributed by atoms with E-state index in [2.05, 4.69) is 102 Å². The molecule has 4 aliphatic carbocycles. The Hall–Kier alpha value is -1.98. The molecule has 7 rings (SSSR count). The average molecular weight is 697 g/mol. The van der Waals surface area contributed by atoms with Gasteiger partial charge in [-0.1, -0.05) is 126 Å². The van der Waals surface area contributed by atoms with E-state index in [4.69, 9.17) is 18.9 Å². The van der Waals surface area contributed by atoms with E-state index in [1.807, 2.05) is 6.07 Å². The van der Waals surface area contributed by atoms with Gasteiger partial charge < -0.3 is 18.9 Å². The third kappa shape index (κ3) is 8.10. The predicted octanol–water partition coefficient (Wildman–Crippen LogP) is 11.7. The number of fused-ring (bicyclic) bond motifs is 5. The van der Waals surface area contributed by atoms with Crippen LogP contribution in [0.1, 0.15) is 130 Å². The summed E-state index contributed by atoms with van der Waals surface area (Å²) < 4.78 is 26.6. The van der Waals surface area contributed by atoms with Crippen LogP contribution in [0.15, 0.2) is 72.3 Å². The number of allylic oxidation sites excluding steroid dienone is 1. The van der Waals surface area contributed by atoms with Crippen molar-refractivity contribution in [2.75, 3.05) is 0 Å². The Labute approximate surface area is 310 Å². The minimum Gasteiger partial charge on any atom is -0.371 e. The molecule has 3 saturated carbocycles. The molecule has 0 radical (unpaired) electrons. The molecule has 0 aromatic heterocycles. The summed E-state index contributed by atoms with van der Waals surface area (Å²) in [7, 11) is 0. The predicted molar refractivity (Wildman–Crippen MR) is 207 cm³/mol. The van der Waals surface area contributed by atoms with Gasteiger partial charge in [0.15, 0.2) is 6.29 Å². The molecular formula is C47H68O4. The molecule has 4 nitrogen and oxygen atoms in total. The minimum absolute atomic E-state index is 0.101. The van der Waals surface area contributed by atoms with Crippen LogP contribution in [-0.4, -0.2) is 30.7 Å². The Bertz CT molecular complexity index is 1420. The van der Waals surface area contributed by atoms with Crippen LogP contribution in [0.2, 0.25) is 0 Å². The maximum Gasteiger partial charge on any atom is 0.161 e. The van der Waals surface area contributed by atoms with Gasteiger partial charge in [0.25, 0.3) is 0 Å². The highest BCUT2D eigenvalue weighted by molar-refractivity contribution is 5.25. The maximum atomic E-state index is 6.90. The lowest BCUT2D eigenvalue weighted by atomic mass is 9.47. The van der Waals surface area contributed by atoms with Crippen molar-refractivity contribution in [2.45, 2.75) is 163 Å². The molecule has 12 atom stereocenters. The average Bonchev–Trinajstić information content (AvgIpc) is 3.48. The van der Waals surface area contributed by atoms with E-state index in [9.17, 15) is 0 Å². The Kier molecular flexibility index (Phi) is 11.8. The van der Waals surface area contributed by atoms with Crippen molar-refractivity contribution < 1.29 is 18.9 Å². The zero-order valence-corrected chi connectivity index (χ0v) is 32.7. The van der Waals surface area contributed by atoms with Crippen LogP contribution in [0, 0.1) is 46.3 Å². The van der Waals surface area contributed by atoms with E-state index < -0.39 is 0 Å². The zero-order chi connectivity index (χ0) is 35.6. The Morgan fingerprint density at radius 1 is 0.804 bits per heavy atom. The summed E-state index contributed by atoms with van der Waals surface area (Å²) in [6.45, 7) is 15.9. The second kappa shape index (κ2) is 16.2. The second-order valence-electron chi connectivity index (χ2n) is 18.4. The molecule has 1 saturated heterocycles. The van der Waals surface area contributed by atoms with Crippen LogP contribution in [0.4, 0.5) is 0 Å². The van der Waals surface area contributed by atoms with E-state index in [1.165, 1.54) is 68.9 Å². The number of rotatable bonds is 13. The zero-order valence-electron chi connectivity index (χ0n) is 32.7. The van der Waals surface area contributed by atoms with E-state index >= 15 is 0 Å². The standard InChI is InChI=1S/C47H68O4/c1-32(2)14-13-15-33(3)40-22-23-41-39-21-20-37-28-38(24-26-46(37,5)42(39)25-27-47(40,41)6)51-44-29-43(48-30-35-16-9-7-10-17-35)45(34(4)50-44)49-31-36-18-11-8-12-19-36/h7-12,16-20,32-34,38-45H,13-15,21-31H2,1-6H3/t33-,34+,38+,39+,40-,41+,42+,43+,44-,45+,46+,47-/m1/s1. The SMILES string of the molecule is CC(C)CCC[C@@H](C)[C@H]1CC[C@H]2[C@@H]3CC=C4C[C@@H](O[C@@H]5C[C@H](OCc6ccccc6)[C@@H](OCc6ccccc6)[C@H](C)O5)CC[C@]4(C)[C@H]3CC[C@]12C. The Morgan fingerprint density at radius 3 is 2.22 bits per heavy atom. The molecule has 4 fully saturated rings. The fraction of sp³-hybridized carbons (Fsp3) is 0.702. The second-order valence-corrected chi connectivity index (χ2v) is 18.4.